The van der Waals surface area contributed by atoms with Crippen LogP contribution in [0.4, 0.5) is 5.95 Å². The van der Waals surface area contributed by atoms with E-state index in [2.05, 4.69) is 27.8 Å². The number of anilines is 1. The molecule has 1 aromatic carbocycles. The predicted molar refractivity (Wildman–Crippen MR) is 89.3 cm³/mol. The van der Waals surface area contributed by atoms with Gasteiger partial charge in [0, 0.05) is 5.70 Å². The first kappa shape index (κ1) is 16.2. The topological polar surface area (TPSA) is 81.9 Å². The van der Waals surface area contributed by atoms with E-state index in [1.165, 1.54) is 0 Å². The van der Waals surface area contributed by atoms with E-state index >= 15 is 0 Å². The number of allylic oxidation sites excluding steroid dienone is 1. The molecule has 1 aliphatic rings. The maximum Gasteiger partial charge on any atom is 0.338 e. The number of nitrogens with zero attached hydrogens (tertiary/aromatic N) is 4. The van der Waals surface area contributed by atoms with Gasteiger partial charge in [-0.2, -0.15) is 4.68 Å². The molecule has 126 valence electrons. The summed E-state index contributed by atoms with van der Waals surface area (Å²) in [4.78, 5) is 12.7. The number of carbonyl (C=O) groups is 1. The number of hydrogen-bond acceptors (Lipinski definition) is 6. The SMILES string of the molecule is CCCCOC(=O)C1=C(C)Nc2nnnn2[C@@H]1c1ccccc1C. The highest BCUT2D eigenvalue weighted by Gasteiger charge is 2.35. The smallest absolute Gasteiger partial charge is 0.338 e. The summed E-state index contributed by atoms with van der Waals surface area (Å²) in [5, 5.41) is 14.9. The van der Waals surface area contributed by atoms with E-state index in [0.29, 0.717) is 23.8 Å². The zero-order valence-corrected chi connectivity index (χ0v) is 14.1. The Labute approximate surface area is 140 Å². The highest BCUT2D eigenvalue weighted by molar-refractivity contribution is 5.92. The molecule has 0 aliphatic carbocycles. The molecule has 0 saturated carbocycles. The summed E-state index contributed by atoms with van der Waals surface area (Å²) < 4.78 is 7.09. The number of benzene rings is 1. The van der Waals surface area contributed by atoms with Crippen LogP contribution in [0.1, 0.15) is 43.9 Å². The number of hydrogen-bond donors (Lipinski definition) is 1. The van der Waals surface area contributed by atoms with Crippen molar-refractivity contribution in [2.24, 2.45) is 0 Å². The molecule has 2 aromatic rings. The van der Waals surface area contributed by atoms with E-state index in [1.807, 2.05) is 38.1 Å². The molecule has 3 rings (SSSR count). The Morgan fingerprint density at radius 1 is 1.33 bits per heavy atom. The summed E-state index contributed by atoms with van der Waals surface area (Å²) in [6.07, 6.45) is 1.82. The van der Waals surface area contributed by atoms with Gasteiger partial charge in [0.15, 0.2) is 0 Å². The molecule has 24 heavy (non-hydrogen) atoms. The van der Waals surface area contributed by atoms with E-state index in [-0.39, 0.29) is 5.97 Å². The summed E-state index contributed by atoms with van der Waals surface area (Å²) in [6.45, 7) is 6.33. The number of carbonyl (C=O) groups excluding carboxylic acids is 1. The average Bonchev–Trinajstić information content (AvgIpc) is 3.02. The van der Waals surface area contributed by atoms with E-state index < -0.39 is 6.04 Å². The van der Waals surface area contributed by atoms with E-state index in [1.54, 1.807) is 4.68 Å². The maximum absolute atomic E-state index is 12.7. The van der Waals surface area contributed by atoms with Gasteiger partial charge in [-0.25, -0.2) is 4.79 Å². The summed E-state index contributed by atoms with van der Waals surface area (Å²) in [7, 11) is 0. The second-order valence-corrected chi connectivity index (χ2v) is 5.86. The van der Waals surface area contributed by atoms with Gasteiger partial charge in [-0.15, -0.1) is 0 Å². The monoisotopic (exact) mass is 327 g/mol. The summed E-state index contributed by atoms with van der Waals surface area (Å²) in [5.74, 6) is 0.189. The Balaban J connectivity index is 2.04. The van der Waals surface area contributed by atoms with Crippen LogP contribution < -0.4 is 5.32 Å². The van der Waals surface area contributed by atoms with E-state index in [9.17, 15) is 4.79 Å². The zero-order valence-electron chi connectivity index (χ0n) is 14.1. The Hall–Kier alpha value is -2.70. The second-order valence-electron chi connectivity index (χ2n) is 5.86. The lowest BCUT2D eigenvalue weighted by atomic mass is 9.92. The second kappa shape index (κ2) is 6.82. The molecule has 0 radical (unpaired) electrons. The molecule has 7 nitrogen and oxygen atoms in total. The number of nitrogens with one attached hydrogen (secondary N) is 1. The molecule has 1 atom stereocenters. The van der Waals surface area contributed by atoms with Gasteiger partial charge in [0.2, 0.25) is 5.95 Å². The molecule has 0 saturated heterocycles. The number of unbranched alkanes of at least 4 members (excludes halogenated alkanes) is 1. The summed E-state index contributed by atoms with van der Waals surface area (Å²) in [5.41, 5.74) is 3.30. The molecule has 0 fully saturated rings. The summed E-state index contributed by atoms with van der Waals surface area (Å²) in [6, 6.07) is 7.52. The standard InChI is InChI=1S/C17H21N5O2/c1-4-5-10-24-16(23)14-12(3)18-17-19-20-21-22(17)15(14)13-9-7-6-8-11(13)2/h6-9,15H,4-5,10H2,1-3H3,(H,18,19,21)/t15-/m1/s1. The minimum Gasteiger partial charge on any atom is -0.462 e. The quantitative estimate of drug-likeness (QED) is 0.671. The lowest BCUT2D eigenvalue weighted by Crippen LogP contribution is -2.30. The third kappa shape index (κ3) is 2.89. The van der Waals surface area contributed by atoms with Crippen LogP contribution in [0.3, 0.4) is 0 Å². The van der Waals surface area contributed by atoms with Gasteiger partial charge in [0.25, 0.3) is 0 Å². The Kier molecular flexibility index (Phi) is 4.59. The lowest BCUT2D eigenvalue weighted by Gasteiger charge is -2.28. The Morgan fingerprint density at radius 3 is 2.88 bits per heavy atom. The number of aryl methyl sites for hydroxylation is 1. The van der Waals surface area contributed by atoms with Crippen LogP contribution >= 0.6 is 0 Å². The first-order chi connectivity index (χ1) is 11.6. The maximum atomic E-state index is 12.7. The minimum absolute atomic E-state index is 0.331. The molecule has 0 spiro atoms. The molecule has 1 N–H and O–H groups in total. The first-order valence-electron chi connectivity index (χ1n) is 8.11. The third-order valence-corrected chi connectivity index (χ3v) is 4.15. The number of ether oxygens (including phenoxy) is 1. The number of rotatable bonds is 5. The van der Waals surface area contributed by atoms with Gasteiger partial charge in [-0.05, 0) is 41.8 Å². The lowest BCUT2D eigenvalue weighted by molar-refractivity contribution is -0.139. The van der Waals surface area contributed by atoms with Crippen LogP contribution in [0, 0.1) is 6.92 Å². The first-order valence-corrected chi connectivity index (χ1v) is 8.11. The van der Waals surface area contributed by atoms with Gasteiger partial charge in [0.1, 0.15) is 6.04 Å². The molecule has 7 heteroatoms. The van der Waals surface area contributed by atoms with Crippen LogP contribution in [0.2, 0.25) is 0 Å². The van der Waals surface area contributed by atoms with Crippen LogP contribution in [-0.4, -0.2) is 32.8 Å². The van der Waals surface area contributed by atoms with Crippen molar-refractivity contribution in [2.45, 2.75) is 39.7 Å². The predicted octanol–water partition coefficient (Wildman–Crippen LogP) is 2.61. The molecule has 0 amide bonds. The minimum atomic E-state index is -0.397. The molecule has 0 bridgehead atoms. The fourth-order valence-electron chi connectivity index (χ4n) is 2.84. The molecule has 2 heterocycles. The Bertz CT molecular complexity index is 781. The van der Waals surface area contributed by atoms with Crippen molar-refractivity contribution in [3.8, 4) is 0 Å². The number of aromatic nitrogens is 4. The van der Waals surface area contributed by atoms with Crippen molar-refractivity contribution in [3.63, 3.8) is 0 Å². The fourth-order valence-corrected chi connectivity index (χ4v) is 2.84. The molecular weight excluding hydrogens is 306 g/mol. The fraction of sp³-hybridized carbons (Fsp3) is 0.412. The highest BCUT2D eigenvalue weighted by Crippen LogP contribution is 2.36. The van der Waals surface area contributed by atoms with Gasteiger partial charge >= 0.3 is 5.97 Å². The van der Waals surface area contributed by atoms with Gasteiger partial charge in [-0.1, -0.05) is 42.7 Å². The Morgan fingerprint density at radius 2 is 2.12 bits per heavy atom. The zero-order chi connectivity index (χ0) is 17.1. The molecular formula is C17H21N5O2. The normalized spacial score (nSPS) is 16.5. The number of esters is 1. The van der Waals surface area contributed by atoms with Gasteiger partial charge < -0.3 is 10.1 Å². The molecule has 0 unspecified atom stereocenters. The highest BCUT2D eigenvalue weighted by atomic mass is 16.5. The van der Waals surface area contributed by atoms with Crippen molar-refractivity contribution in [3.05, 3.63) is 46.7 Å². The van der Waals surface area contributed by atoms with Crippen molar-refractivity contribution in [1.29, 1.82) is 0 Å². The van der Waals surface area contributed by atoms with Crippen molar-refractivity contribution >= 4 is 11.9 Å². The molecule has 1 aromatic heterocycles. The third-order valence-electron chi connectivity index (χ3n) is 4.15. The van der Waals surface area contributed by atoms with Crippen molar-refractivity contribution in [1.82, 2.24) is 20.2 Å². The van der Waals surface area contributed by atoms with E-state index in [4.69, 9.17) is 4.74 Å². The average molecular weight is 327 g/mol. The van der Waals surface area contributed by atoms with Crippen LogP contribution in [0.5, 0.6) is 0 Å². The van der Waals surface area contributed by atoms with Gasteiger partial charge in [0.05, 0.1) is 12.2 Å². The number of fused-ring (bicyclic) bond motifs is 1. The van der Waals surface area contributed by atoms with Crippen LogP contribution in [0.25, 0.3) is 0 Å². The van der Waals surface area contributed by atoms with Crippen LogP contribution in [-0.2, 0) is 9.53 Å². The van der Waals surface area contributed by atoms with Gasteiger partial charge in [-0.3, -0.25) is 0 Å². The van der Waals surface area contributed by atoms with Crippen molar-refractivity contribution in [2.75, 3.05) is 11.9 Å². The number of tetrazole rings is 1. The largest absolute Gasteiger partial charge is 0.462 e. The summed E-state index contributed by atoms with van der Waals surface area (Å²) >= 11 is 0. The van der Waals surface area contributed by atoms with E-state index in [0.717, 1.165) is 24.0 Å². The molecule has 1 aliphatic heterocycles. The van der Waals surface area contributed by atoms with Crippen LogP contribution in [0.15, 0.2) is 35.5 Å². The van der Waals surface area contributed by atoms with Crippen molar-refractivity contribution < 1.29 is 9.53 Å².